The van der Waals surface area contributed by atoms with E-state index in [1.54, 1.807) is 0 Å². The van der Waals surface area contributed by atoms with Gasteiger partial charge in [-0.25, -0.2) is 9.18 Å². The molecule has 1 aromatic carbocycles. The van der Waals surface area contributed by atoms with E-state index in [9.17, 15) is 19.3 Å². The SMILES string of the molecule is O=C(O)c1ccn(Cc2cc(F)ccc2[N+](=O)[O-])c1. The molecule has 0 bridgehead atoms. The van der Waals surface area contributed by atoms with E-state index >= 15 is 0 Å². The van der Waals surface area contributed by atoms with E-state index in [1.807, 2.05) is 0 Å². The number of carboxylic acids is 1. The van der Waals surface area contributed by atoms with Crippen LogP contribution in [0.4, 0.5) is 10.1 Å². The van der Waals surface area contributed by atoms with Gasteiger partial charge in [-0.2, -0.15) is 0 Å². The lowest BCUT2D eigenvalue weighted by Gasteiger charge is -2.04. The Kier molecular flexibility index (Phi) is 3.28. The Morgan fingerprint density at radius 1 is 1.42 bits per heavy atom. The van der Waals surface area contributed by atoms with Crippen molar-refractivity contribution in [3.63, 3.8) is 0 Å². The van der Waals surface area contributed by atoms with Crippen LogP contribution in [0.3, 0.4) is 0 Å². The standard InChI is InChI=1S/C12H9FN2O4/c13-10-1-2-11(15(18)19)9(5-10)7-14-4-3-8(6-14)12(16)17/h1-6H,7H2,(H,16,17). The van der Waals surface area contributed by atoms with Crippen molar-refractivity contribution in [3.05, 3.63) is 63.7 Å². The largest absolute Gasteiger partial charge is 0.478 e. The van der Waals surface area contributed by atoms with E-state index < -0.39 is 16.7 Å². The minimum absolute atomic E-state index is 0.0291. The maximum Gasteiger partial charge on any atom is 0.337 e. The molecule has 0 aliphatic carbocycles. The molecule has 1 N–H and O–H groups in total. The highest BCUT2D eigenvalue weighted by atomic mass is 19.1. The molecule has 0 radical (unpaired) electrons. The van der Waals surface area contributed by atoms with Crippen molar-refractivity contribution in [2.24, 2.45) is 0 Å². The van der Waals surface area contributed by atoms with Crippen LogP contribution in [0.1, 0.15) is 15.9 Å². The van der Waals surface area contributed by atoms with Crippen LogP contribution < -0.4 is 0 Å². The summed E-state index contributed by atoms with van der Waals surface area (Å²) < 4.78 is 14.6. The summed E-state index contributed by atoms with van der Waals surface area (Å²) >= 11 is 0. The number of halogens is 1. The molecular weight excluding hydrogens is 255 g/mol. The minimum atomic E-state index is -1.09. The Bertz CT molecular complexity index is 651. The van der Waals surface area contributed by atoms with Gasteiger partial charge in [-0.1, -0.05) is 0 Å². The average Bonchev–Trinajstić information content (AvgIpc) is 2.77. The highest BCUT2D eigenvalue weighted by molar-refractivity contribution is 5.87. The van der Waals surface area contributed by atoms with Crippen LogP contribution in [-0.2, 0) is 6.54 Å². The topological polar surface area (TPSA) is 85.4 Å². The van der Waals surface area contributed by atoms with Gasteiger partial charge in [-0.3, -0.25) is 10.1 Å². The summed E-state index contributed by atoms with van der Waals surface area (Å²) in [6, 6.07) is 4.54. The number of hydrogen-bond acceptors (Lipinski definition) is 3. The molecule has 0 spiro atoms. The van der Waals surface area contributed by atoms with Gasteiger partial charge in [0.2, 0.25) is 0 Å². The summed E-state index contributed by atoms with van der Waals surface area (Å²) in [7, 11) is 0. The first-order valence-corrected chi connectivity index (χ1v) is 5.29. The summed E-state index contributed by atoms with van der Waals surface area (Å²) in [5, 5.41) is 19.6. The van der Waals surface area contributed by atoms with Crippen molar-refractivity contribution >= 4 is 11.7 Å². The van der Waals surface area contributed by atoms with Crippen LogP contribution in [0.5, 0.6) is 0 Å². The third-order valence-corrected chi connectivity index (χ3v) is 2.59. The smallest absolute Gasteiger partial charge is 0.337 e. The van der Waals surface area contributed by atoms with Gasteiger partial charge in [0.05, 0.1) is 22.6 Å². The second-order valence-corrected chi connectivity index (χ2v) is 3.91. The second kappa shape index (κ2) is 4.89. The molecule has 1 heterocycles. The number of nitro benzene ring substituents is 1. The Morgan fingerprint density at radius 2 is 2.16 bits per heavy atom. The first kappa shape index (κ1) is 12.7. The fourth-order valence-electron chi connectivity index (χ4n) is 1.72. The zero-order chi connectivity index (χ0) is 14.0. The average molecular weight is 264 g/mol. The Hall–Kier alpha value is -2.70. The molecule has 7 heteroatoms. The van der Waals surface area contributed by atoms with Crippen molar-refractivity contribution in [2.45, 2.75) is 6.54 Å². The van der Waals surface area contributed by atoms with Gasteiger partial charge < -0.3 is 9.67 Å². The summed E-state index contributed by atoms with van der Waals surface area (Å²) in [6.07, 6.45) is 2.80. The molecule has 0 unspecified atom stereocenters. The molecule has 19 heavy (non-hydrogen) atoms. The second-order valence-electron chi connectivity index (χ2n) is 3.91. The van der Waals surface area contributed by atoms with Gasteiger partial charge in [0.25, 0.3) is 5.69 Å². The van der Waals surface area contributed by atoms with Gasteiger partial charge >= 0.3 is 5.97 Å². The number of aromatic nitrogens is 1. The zero-order valence-electron chi connectivity index (χ0n) is 9.62. The van der Waals surface area contributed by atoms with Gasteiger partial charge in [0.15, 0.2) is 0 Å². The van der Waals surface area contributed by atoms with Crippen LogP contribution in [0, 0.1) is 15.9 Å². The molecule has 0 aliphatic rings. The molecular formula is C12H9FN2O4. The van der Waals surface area contributed by atoms with Gasteiger partial charge in [-0.15, -0.1) is 0 Å². The predicted molar refractivity (Wildman–Crippen MR) is 63.5 cm³/mol. The number of rotatable bonds is 4. The molecule has 0 fully saturated rings. The fraction of sp³-hybridized carbons (Fsp3) is 0.0833. The van der Waals surface area contributed by atoms with E-state index in [1.165, 1.54) is 23.0 Å². The summed E-state index contributed by atoms with van der Waals surface area (Å²) in [6.45, 7) is 0.0291. The monoisotopic (exact) mass is 264 g/mol. The van der Waals surface area contributed by atoms with E-state index in [4.69, 9.17) is 5.11 Å². The first-order valence-electron chi connectivity index (χ1n) is 5.29. The highest BCUT2D eigenvalue weighted by Crippen LogP contribution is 2.21. The zero-order valence-corrected chi connectivity index (χ0v) is 9.62. The Morgan fingerprint density at radius 3 is 2.74 bits per heavy atom. The van der Waals surface area contributed by atoms with Gasteiger partial charge in [-0.05, 0) is 18.2 Å². The van der Waals surface area contributed by atoms with E-state index in [-0.39, 0.29) is 23.4 Å². The molecule has 0 amide bonds. The third-order valence-electron chi connectivity index (χ3n) is 2.59. The minimum Gasteiger partial charge on any atom is -0.478 e. The van der Waals surface area contributed by atoms with Crippen molar-refractivity contribution < 1.29 is 19.2 Å². The lowest BCUT2D eigenvalue weighted by Crippen LogP contribution is -2.02. The van der Waals surface area contributed by atoms with Crippen LogP contribution in [0.25, 0.3) is 0 Å². The molecule has 0 saturated heterocycles. The van der Waals surface area contributed by atoms with E-state index in [0.717, 1.165) is 18.2 Å². The van der Waals surface area contributed by atoms with Crippen molar-refractivity contribution in [1.82, 2.24) is 4.57 Å². The number of nitro groups is 1. The molecule has 0 atom stereocenters. The predicted octanol–water partition coefficient (Wildman–Crippen LogP) is 2.28. The van der Waals surface area contributed by atoms with Crippen LogP contribution in [0.2, 0.25) is 0 Å². The summed E-state index contributed by atoms with van der Waals surface area (Å²) in [4.78, 5) is 20.9. The van der Waals surface area contributed by atoms with Crippen molar-refractivity contribution in [2.75, 3.05) is 0 Å². The molecule has 98 valence electrons. The number of benzene rings is 1. The number of hydrogen-bond donors (Lipinski definition) is 1. The van der Waals surface area contributed by atoms with Crippen molar-refractivity contribution in [3.8, 4) is 0 Å². The van der Waals surface area contributed by atoms with Gasteiger partial charge in [0.1, 0.15) is 5.82 Å². The molecule has 2 rings (SSSR count). The summed E-state index contributed by atoms with van der Waals surface area (Å²) in [5.41, 5.74) is 0.0450. The van der Waals surface area contributed by atoms with E-state index in [0.29, 0.717) is 0 Å². The molecule has 0 aliphatic heterocycles. The van der Waals surface area contributed by atoms with Crippen molar-refractivity contribution in [1.29, 1.82) is 0 Å². The number of nitrogens with zero attached hydrogens (tertiary/aromatic N) is 2. The quantitative estimate of drug-likeness (QED) is 0.678. The third kappa shape index (κ3) is 2.76. The molecule has 0 saturated carbocycles. The molecule has 1 aromatic heterocycles. The Labute approximate surface area is 106 Å². The van der Waals surface area contributed by atoms with E-state index in [2.05, 4.69) is 0 Å². The number of carboxylic acid groups (broad SMARTS) is 1. The lowest BCUT2D eigenvalue weighted by molar-refractivity contribution is -0.385. The number of carbonyl (C=O) groups is 1. The van der Waals surface area contributed by atoms with Crippen LogP contribution in [-0.4, -0.2) is 20.6 Å². The molecule has 2 aromatic rings. The fourth-order valence-corrected chi connectivity index (χ4v) is 1.72. The molecule has 6 nitrogen and oxygen atoms in total. The first-order chi connectivity index (χ1) is 8.97. The van der Waals surface area contributed by atoms with Gasteiger partial charge in [0, 0.05) is 18.5 Å². The normalized spacial score (nSPS) is 10.4. The maximum atomic E-state index is 13.1. The van der Waals surface area contributed by atoms with Crippen LogP contribution in [0.15, 0.2) is 36.7 Å². The lowest BCUT2D eigenvalue weighted by atomic mass is 10.1. The number of aromatic carboxylic acids is 1. The Balaban J connectivity index is 2.33. The maximum absolute atomic E-state index is 13.1. The summed E-state index contributed by atoms with van der Waals surface area (Å²) in [5.74, 6) is -1.67. The highest BCUT2D eigenvalue weighted by Gasteiger charge is 2.15. The van der Waals surface area contributed by atoms with Crippen LogP contribution >= 0.6 is 0 Å².